The topological polar surface area (TPSA) is 18.5 Å². The molecule has 0 amide bonds. The van der Waals surface area contributed by atoms with Crippen LogP contribution in [0.4, 0.5) is 0 Å². The molecule has 2 heterocycles. The summed E-state index contributed by atoms with van der Waals surface area (Å²) in [4.78, 5) is 0. The van der Waals surface area contributed by atoms with Crippen LogP contribution in [0.3, 0.4) is 0 Å². The zero-order valence-electron chi connectivity index (χ0n) is 11.6. The van der Waals surface area contributed by atoms with E-state index >= 15 is 0 Å². The quantitative estimate of drug-likeness (QED) is 0.550. The van der Waals surface area contributed by atoms with Crippen molar-refractivity contribution in [2.75, 3.05) is 6.61 Å². The van der Waals surface area contributed by atoms with Crippen LogP contribution in [0, 0.1) is 5.41 Å². The molecule has 0 radical (unpaired) electrons. The Labute approximate surface area is 111 Å². The van der Waals surface area contributed by atoms with Crippen LogP contribution < -0.4 is 0 Å². The van der Waals surface area contributed by atoms with E-state index in [1.807, 2.05) is 0 Å². The Balaban J connectivity index is 1.42. The van der Waals surface area contributed by atoms with Crippen LogP contribution in [0.5, 0.6) is 0 Å². The Morgan fingerprint density at radius 2 is 2.11 bits per heavy atom. The minimum Gasteiger partial charge on any atom is -0.501 e. The van der Waals surface area contributed by atoms with Crippen molar-refractivity contribution in [3.8, 4) is 0 Å². The Hall–Kier alpha value is -0.500. The summed E-state index contributed by atoms with van der Waals surface area (Å²) in [6.45, 7) is 3.25. The van der Waals surface area contributed by atoms with Crippen LogP contribution in [-0.4, -0.2) is 18.8 Å². The molecule has 3 rings (SSSR count). The number of hydrogen-bond donors (Lipinski definition) is 0. The fourth-order valence-corrected chi connectivity index (χ4v) is 3.88. The van der Waals surface area contributed by atoms with E-state index in [0.717, 1.165) is 13.0 Å². The van der Waals surface area contributed by atoms with Crippen molar-refractivity contribution in [1.29, 1.82) is 0 Å². The van der Waals surface area contributed by atoms with Gasteiger partial charge in [0.1, 0.15) is 0 Å². The minimum atomic E-state index is 0.383. The Bertz CT molecular complexity index is 315. The van der Waals surface area contributed by atoms with Crippen molar-refractivity contribution in [3.63, 3.8) is 0 Å². The summed E-state index contributed by atoms with van der Waals surface area (Å²) in [5.74, 6) is 0. The molecule has 3 atom stereocenters. The fourth-order valence-electron chi connectivity index (χ4n) is 3.88. The normalized spacial score (nSPS) is 39.1. The highest BCUT2D eigenvalue weighted by Gasteiger charge is 2.48. The summed E-state index contributed by atoms with van der Waals surface area (Å²) >= 11 is 0. The molecule has 0 aromatic heterocycles. The average Bonchev–Trinajstić information content (AvgIpc) is 2.96. The van der Waals surface area contributed by atoms with E-state index in [9.17, 15) is 0 Å². The van der Waals surface area contributed by atoms with Gasteiger partial charge in [-0.05, 0) is 62.4 Å². The molecular formula is C16H26O2. The Kier molecular flexibility index (Phi) is 3.65. The van der Waals surface area contributed by atoms with Gasteiger partial charge in [-0.25, -0.2) is 0 Å². The first kappa shape index (κ1) is 12.5. The first-order chi connectivity index (χ1) is 8.76. The van der Waals surface area contributed by atoms with Crippen LogP contribution in [-0.2, 0) is 9.47 Å². The van der Waals surface area contributed by atoms with E-state index in [1.165, 1.54) is 56.9 Å². The molecule has 2 bridgehead atoms. The number of ether oxygens (including phenoxy) is 2. The average molecular weight is 250 g/mol. The van der Waals surface area contributed by atoms with Crippen molar-refractivity contribution >= 4 is 0 Å². The van der Waals surface area contributed by atoms with E-state index in [-0.39, 0.29) is 0 Å². The largest absolute Gasteiger partial charge is 0.501 e. The lowest BCUT2D eigenvalue weighted by Gasteiger charge is -2.30. The molecule has 2 aliphatic heterocycles. The third kappa shape index (κ3) is 2.59. The van der Waals surface area contributed by atoms with Crippen LogP contribution in [0.25, 0.3) is 0 Å². The van der Waals surface area contributed by atoms with Crippen molar-refractivity contribution in [2.24, 2.45) is 5.41 Å². The third-order valence-corrected chi connectivity index (χ3v) is 5.12. The molecule has 0 aromatic carbocycles. The zero-order valence-corrected chi connectivity index (χ0v) is 11.6. The smallest absolute Gasteiger partial charge is 0.0879 e. The summed E-state index contributed by atoms with van der Waals surface area (Å²) in [6.07, 6.45) is 14.7. The predicted molar refractivity (Wildman–Crippen MR) is 72.4 cm³/mol. The molecule has 3 aliphatic rings. The summed E-state index contributed by atoms with van der Waals surface area (Å²) in [7, 11) is 0. The van der Waals surface area contributed by atoms with Gasteiger partial charge < -0.3 is 9.47 Å². The van der Waals surface area contributed by atoms with Gasteiger partial charge in [-0.1, -0.05) is 13.3 Å². The maximum Gasteiger partial charge on any atom is 0.0879 e. The van der Waals surface area contributed by atoms with Crippen LogP contribution in [0.2, 0.25) is 0 Å². The second-order valence-corrected chi connectivity index (χ2v) is 6.64. The van der Waals surface area contributed by atoms with Gasteiger partial charge in [0, 0.05) is 0 Å². The Morgan fingerprint density at radius 1 is 1.28 bits per heavy atom. The molecule has 1 saturated carbocycles. The molecule has 1 aliphatic carbocycles. The molecule has 0 aromatic rings. The van der Waals surface area contributed by atoms with Gasteiger partial charge in [-0.15, -0.1) is 0 Å². The Morgan fingerprint density at radius 3 is 2.78 bits per heavy atom. The number of fused-ring (bicyclic) bond motifs is 2. The van der Waals surface area contributed by atoms with Crippen LogP contribution in [0.1, 0.15) is 64.7 Å². The molecule has 0 spiro atoms. The second-order valence-electron chi connectivity index (χ2n) is 6.64. The van der Waals surface area contributed by atoms with Crippen LogP contribution in [0.15, 0.2) is 11.8 Å². The SMILES string of the molecule is CC1(CCOC=C2CCCCC2)CC2CCC1O2. The highest BCUT2D eigenvalue weighted by Crippen LogP contribution is 2.49. The van der Waals surface area contributed by atoms with Gasteiger partial charge in [0.2, 0.25) is 0 Å². The molecule has 2 nitrogen and oxygen atoms in total. The van der Waals surface area contributed by atoms with E-state index < -0.39 is 0 Å². The molecular weight excluding hydrogens is 224 g/mol. The minimum absolute atomic E-state index is 0.383. The molecule has 18 heavy (non-hydrogen) atoms. The van der Waals surface area contributed by atoms with Gasteiger partial charge in [0.05, 0.1) is 25.1 Å². The van der Waals surface area contributed by atoms with Crippen LogP contribution >= 0.6 is 0 Å². The number of allylic oxidation sites excluding steroid dienone is 1. The second kappa shape index (κ2) is 5.24. The van der Waals surface area contributed by atoms with Gasteiger partial charge in [0.15, 0.2) is 0 Å². The summed E-state index contributed by atoms with van der Waals surface area (Å²) in [5, 5.41) is 0. The monoisotopic (exact) mass is 250 g/mol. The predicted octanol–water partition coefficient (Wildman–Crippen LogP) is 4.20. The van der Waals surface area contributed by atoms with E-state index in [1.54, 1.807) is 0 Å². The highest BCUT2D eigenvalue weighted by atomic mass is 16.5. The number of hydrogen-bond acceptors (Lipinski definition) is 2. The highest BCUT2D eigenvalue weighted by molar-refractivity contribution is 5.01. The molecule has 2 heteroatoms. The lowest BCUT2D eigenvalue weighted by Crippen LogP contribution is -2.30. The van der Waals surface area contributed by atoms with E-state index in [0.29, 0.717) is 17.6 Å². The third-order valence-electron chi connectivity index (χ3n) is 5.12. The zero-order chi connectivity index (χ0) is 12.4. The van der Waals surface area contributed by atoms with Gasteiger partial charge in [-0.2, -0.15) is 0 Å². The maximum absolute atomic E-state index is 5.96. The van der Waals surface area contributed by atoms with E-state index in [2.05, 4.69) is 13.2 Å². The standard InChI is InChI=1S/C16H26O2/c1-16(11-14-7-8-15(16)18-14)9-10-17-12-13-5-3-2-4-6-13/h12,14-15H,2-11H2,1H3. The maximum atomic E-state index is 5.96. The summed E-state index contributed by atoms with van der Waals surface area (Å²) in [5.41, 5.74) is 1.91. The summed E-state index contributed by atoms with van der Waals surface area (Å²) in [6, 6.07) is 0. The van der Waals surface area contributed by atoms with Gasteiger partial charge >= 0.3 is 0 Å². The summed E-state index contributed by atoms with van der Waals surface area (Å²) < 4.78 is 11.8. The van der Waals surface area contributed by atoms with Crippen molar-refractivity contribution in [1.82, 2.24) is 0 Å². The molecule has 3 unspecified atom stereocenters. The molecule has 2 saturated heterocycles. The van der Waals surface area contributed by atoms with Crippen molar-refractivity contribution in [2.45, 2.75) is 76.9 Å². The molecule has 102 valence electrons. The molecule has 3 fully saturated rings. The van der Waals surface area contributed by atoms with Gasteiger partial charge in [0.25, 0.3) is 0 Å². The van der Waals surface area contributed by atoms with Crippen molar-refractivity contribution < 1.29 is 9.47 Å². The van der Waals surface area contributed by atoms with Gasteiger partial charge in [-0.3, -0.25) is 0 Å². The fraction of sp³-hybridized carbons (Fsp3) is 0.875. The lowest BCUT2D eigenvalue weighted by atomic mass is 9.73. The first-order valence-electron chi connectivity index (χ1n) is 7.71. The molecule has 0 N–H and O–H groups in total. The van der Waals surface area contributed by atoms with E-state index in [4.69, 9.17) is 9.47 Å². The first-order valence-corrected chi connectivity index (χ1v) is 7.71. The number of rotatable bonds is 4. The van der Waals surface area contributed by atoms with Crippen molar-refractivity contribution in [3.05, 3.63) is 11.8 Å². The lowest BCUT2D eigenvalue weighted by molar-refractivity contribution is 0.0539.